The number of nitrogens with zero attached hydrogens (tertiary/aromatic N) is 2. The topological polar surface area (TPSA) is 215 Å². The second-order valence-electron chi connectivity index (χ2n) is 9.61. The van der Waals surface area contributed by atoms with Crippen LogP contribution in [0, 0.1) is 0 Å². The van der Waals surface area contributed by atoms with Gasteiger partial charge in [-0.25, -0.2) is 4.79 Å². The number of ether oxygens (including phenoxy) is 1. The molecule has 0 radical (unpaired) electrons. The molecule has 218 valence electrons. The van der Waals surface area contributed by atoms with Crippen LogP contribution in [-0.2, 0) is 38.4 Å². The monoisotopic (exact) mass is 573 g/mol. The molecule has 0 unspecified atom stereocenters. The fourth-order valence-corrected chi connectivity index (χ4v) is 4.51. The smallest absolute Gasteiger partial charge is 0.328 e. The average molecular weight is 574 g/mol. The molecule has 4 rings (SSSR count). The van der Waals surface area contributed by atoms with Gasteiger partial charge >= 0.3 is 11.9 Å². The highest BCUT2D eigenvalue weighted by Gasteiger charge is 2.23. The van der Waals surface area contributed by atoms with E-state index in [1.807, 2.05) is 18.3 Å². The Kier molecular flexibility index (Phi) is 9.32. The summed E-state index contributed by atoms with van der Waals surface area (Å²) in [5, 5.41) is 15.0. The molecule has 0 spiro atoms. The maximum atomic E-state index is 12.9. The fraction of sp³-hybridized carbons (Fsp3) is 0.241. The summed E-state index contributed by atoms with van der Waals surface area (Å²) in [4.78, 5) is 59.9. The number of aromatic amines is 1. The number of H-pyrrole nitrogens is 1. The van der Waals surface area contributed by atoms with E-state index in [-0.39, 0.29) is 25.2 Å². The molecule has 2 aromatic heterocycles. The molecular weight excluding hydrogens is 542 g/mol. The minimum absolute atomic E-state index is 0.000261. The van der Waals surface area contributed by atoms with Crippen molar-refractivity contribution in [3.63, 3.8) is 0 Å². The quantitative estimate of drug-likeness (QED) is 0.136. The number of nitrogens with one attached hydrogen (secondary N) is 3. The molecule has 13 nitrogen and oxygen atoms in total. The zero-order valence-corrected chi connectivity index (χ0v) is 22.8. The molecule has 4 aromatic rings. The number of anilines is 3. The summed E-state index contributed by atoms with van der Waals surface area (Å²) < 4.78 is 4.82. The van der Waals surface area contributed by atoms with Gasteiger partial charge in [-0.3, -0.25) is 14.4 Å². The summed E-state index contributed by atoms with van der Waals surface area (Å²) in [6.45, 7) is 0. The van der Waals surface area contributed by atoms with Crippen molar-refractivity contribution in [2.75, 3.05) is 23.9 Å². The molecule has 0 saturated carbocycles. The number of rotatable bonds is 12. The maximum absolute atomic E-state index is 12.9. The number of hydrogen-bond acceptors (Lipinski definition) is 9. The van der Waals surface area contributed by atoms with Crippen LogP contribution in [0.4, 0.5) is 17.5 Å². The average Bonchev–Trinajstić information content (AvgIpc) is 3.36. The molecular formula is C29H31N7O6. The number of carboxylic acids is 1. The summed E-state index contributed by atoms with van der Waals surface area (Å²) in [6.07, 6.45) is 2.88. The van der Waals surface area contributed by atoms with E-state index < -0.39 is 29.8 Å². The number of aliphatic carboxylic acids is 1. The Bertz CT molecular complexity index is 1620. The third-order valence-electron chi connectivity index (χ3n) is 6.57. The van der Waals surface area contributed by atoms with Crippen LogP contribution in [0.3, 0.4) is 0 Å². The number of hydrogen-bond donors (Lipinski definition) is 6. The van der Waals surface area contributed by atoms with Crippen LogP contribution < -0.4 is 22.1 Å². The lowest BCUT2D eigenvalue weighted by Gasteiger charge is -2.16. The third kappa shape index (κ3) is 7.59. The molecule has 0 aliphatic carbocycles. The number of aryl methyl sites for hydroxylation is 2. The highest BCUT2D eigenvalue weighted by atomic mass is 16.5. The Morgan fingerprint density at radius 1 is 1.02 bits per heavy atom. The van der Waals surface area contributed by atoms with Crippen LogP contribution in [0.15, 0.2) is 54.7 Å². The third-order valence-corrected chi connectivity index (χ3v) is 6.57. The molecule has 2 amide bonds. The summed E-state index contributed by atoms with van der Waals surface area (Å²) >= 11 is 0. The predicted molar refractivity (Wildman–Crippen MR) is 155 cm³/mol. The molecule has 2 aromatic carbocycles. The summed E-state index contributed by atoms with van der Waals surface area (Å²) in [6, 6.07) is 12.4. The van der Waals surface area contributed by atoms with Gasteiger partial charge in [0.1, 0.15) is 17.5 Å². The number of benzene rings is 2. The number of carbonyl (C=O) groups excluding carboxylic acids is 3. The molecule has 0 aliphatic rings. The van der Waals surface area contributed by atoms with Gasteiger partial charge in [0.2, 0.25) is 11.9 Å². The standard InChI is InChI=1S/C29H31N7O6/c1-42-28(41)21(11-12-22(37)33-20-4-2-3-17(13-20)14-23(38)39)34-27(40)18-8-5-16(6-9-18)7-10-19-15-32-26-24(19)25(30)35-29(31)36-26/h2-6,8-9,13,15,21H,7,10-12,14H2,1H3,(H,33,37)(H,34,40)(H,38,39)(H5,30,31,32,35,36)/t21-/m0/s1. The Balaban J connectivity index is 1.32. The molecule has 0 aliphatic heterocycles. The lowest BCUT2D eigenvalue weighted by Crippen LogP contribution is -2.42. The zero-order chi connectivity index (χ0) is 30.2. The first-order valence-corrected chi connectivity index (χ1v) is 13.1. The molecule has 13 heteroatoms. The van der Waals surface area contributed by atoms with Crippen molar-refractivity contribution in [1.29, 1.82) is 0 Å². The Morgan fingerprint density at radius 2 is 1.79 bits per heavy atom. The highest BCUT2D eigenvalue weighted by Crippen LogP contribution is 2.24. The van der Waals surface area contributed by atoms with E-state index >= 15 is 0 Å². The van der Waals surface area contributed by atoms with E-state index in [2.05, 4.69) is 25.6 Å². The maximum Gasteiger partial charge on any atom is 0.328 e. The number of aromatic nitrogens is 3. The molecule has 1 atom stereocenters. The lowest BCUT2D eigenvalue weighted by atomic mass is 10.0. The number of amides is 2. The predicted octanol–water partition coefficient (Wildman–Crippen LogP) is 2.22. The Morgan fingerprint density at radius 3 is 2.50 bits per heavy atom. The van der Waals surface area contributed by atoms with Crippen LogP contribution in [-0.4, -0.2) is 57.0 Å². The van der Waals surface area contributed by atoms with Crippen molar-refractivity contribution < 1.29 is 29.0 Å². The molecule has 0 bridgehead atoms. The van der Waals surface area contributed by atoms with Crippen molar-refractivity contribution in [3.05, 3.63) is 77.0 Å². The first-order valence-electron chi connectivity index (χ1n) is 13.1. The Labute approximate surface area is 240 Å². The van der Waals surface area contributed by atoms with Gasteiger partial charge in [0.15, 0.2) is 0 Å². The first-order chi connectivity index (χ1) is 20.1. The van der Waals surface area contributed by atoms with Crippen LogP contribution in [0.1, 0.15) is 39.9 Å². The number of fused-ring (bicyclic) bond motifs is 1. The molecule has 0 saturated heterocycles. The molecule has 42 heavy (non-hydrogen) atoms. The highest BCUT2D eigenvalue weighted by molar-refractivity contribution is 5.97. The lowest BCUT2D eigenvalue weighted by molar-refractivity contribution is -0.143. The van der Waals surface area contributed by atoms with Gasteiger partial charge in [-0.1, -0.05) is 24.3 Å². The fourth-order valence-electron chi connectivity index (χ4n) is 4.51. The van der Waals surface area contributed by atoms with Gasteiger partial charge in [0.05, 0.1) is 18.9 Å². The number of nitrogens with two attached hydrogens (primary N) is 2. The number of carbonyl (C=O) groups is 4. The van der Waals surface area contributed by atoms with Gasteiger partial charge in [0.25, 0.3) is 5.91 Å². The van der Waals surface area contributed by atoms with Crippen LogP contribution in [0.5, 0.6) is 0 Å². The van der Waals surface area contributed by atoms with Crippen LogP contribution in [0.25, 0.3) is 11.0 Å². The van der Waals surface area contributed by atoms with E-state index in [9.17, 15) is 19.2 Å². The summed E-state index contributed by atoms with van der Waals surface area (Å²) in [7, 11) is 1.20. The number of methoxy groups -OCH3 is 1. The normalized spacial score (nSPS) is 11.5. The van der Waals surface area contributed by atoms with E-state index in [4.69, 9.17) is 21.3 Å². The molecule has 0 fully saturated rings. The van der Waals surface area contributed by atoms with Crippen LogP contribution >= 0.6 is 0 Å². The largest absolute Gasteiger partial charge is 0.481 e. The van der Waals surface area contributed by atoms with Gasteiger partial charge in [0, 0.05) is 23.9 Å². The second-order valence-corrected chi connectivity index (χ2v) is 9.61. The SMILES string of the molecule is COC(=O)[C@H](CCC(=O)Nc1cccc(CC(=O)O)c1)NC(=O)c1ccc(CCc2c[nH]c3nc(N)nc(N)c23)cc1. The van der Waals surface area contributed by atoms with Crippen molar-refractivity contribution in [1.82, 2.24) is 20.3 Å². The van der Waals surface area contributed by atoms with Gasteiger partial charge < -0.3 is 36.9 Å². The zero-order valence-electron chi connectivity index (χ0n) is 22.8. The van der Waals surface area contributed by atoms with Crippen molar-refractivity contribution in [3.8, 4) is 0 Å². The second kappa shape index (κ2) is 13.3. The number of nitrogen functional groups attached to an aromatic ring is 2. The number of carboxylic acid groups (broad SMARTS) is 1. The van der Waals surface area contributed by atoms with E-state index in [0.29, 0.717) is 41.1 Å². The summed E-state index contributed by atoms with van der Waals surface area (Å²) in [5.74, 6) is -2.15. The molecule has 2 heterocycles. The van der Waals surface area contributed by atoms with Crippen molar-refractivity contribution >= 4 is 52.2 Å². The summed E-state index contributed by atoms with van der Waals surface area (Å²) in [5.41, 5.74) is 15.5. The van der Waals surface area contributed by atoms with Gasteiger partial charge in [-0.15, -0.1) is 0 Å². The van der Waals surface area contributed by atoms with Crippen molar-refractivity contribution in [2.24, 2.45) is 0 Å². The molecule has 8 N–H and O–H groups in total. The van der Waals surface area contributed by atoms with E-state index in [0.717, 1.165) is 16.5 Å². The van der Waals surface area contributed by atoms with E-state index in [1.54, 1.807) is 36.4 Å². The van der Waals surface area contributed by atoms with Crippen LogP contribution in [0.2, 0.25) is 0 Å². The Hall–Kier alpha value is -5.46. The minimum atomic E-state index is -1.05. The van der Waals surface area contributed by atoms with Gasteiger partial charge in [-0.2, -0.15) is 9.97 Å². The first kappa shape index (κ1) is 29.5. The van der Waals surface area contributed by atoms with E-state index in [1.165, 1.54) is 7.11 Å². The van der Waals surface area contributed by atoms with Gasteiger partial charge in [-0.05, 0) is 60.2 Å². The minimum Gasteiger partial charge on any atom is -0.481 e. The van der Waals surface area contributed by atoms with Crippen molar-refractivity contribution in [2.45, 2.75) is 38.1 Å². The number of esters is 1.